The Hall–Kier alpha value is -0.240. The predicted octanol–water partition coefficient (Wildman–Crippen LogP) is 0.878. The van der Waals surface area contributed by atoms with Gasteiger partial charge in [0.15, 0.2) is 0 Å². The van der Waals surface area contributed by atoms with Gasteiger partial charge in [-0.3, -0.25) is 0 Å². The van der Waals surface area contributed by atoms with Gasteiger partial charge in [-0.25, -0.2) is 0 Å². The molecule has 1 saturated heterocycles. The van der Waals surface area contributed by atoms with Gasteiger partial charge in [-0.1, -0.05) is 0 Å². The van der Waals surface area contributed by atoms with E-state index in [-0.39, 0.29) is 0 Å². The molecule has 0 amide bonds. The largest absolute Gasteiger partial charge is 0.382 e. The van der Waals surface area contributed by atoms with Crippen LogP contribution >= 0.6 is 0 Å². The van der Waals surface area contributed by atoms with E-state index >= 15 is 0 Å². The van der Waals surface area contributed by atoms with Crippen molar-refractivity contribution in [3.8, 4) is 0 Å². The highest BCUT2D eigenvalue weighted by molar-refractivity contribution is 4.74. The van der Waals surface area contributed by atoms with E-state index in [1.54, 1.807) is 7.11 Å². The Bertz CT molecular complexity index is 210. The van der Waals surface area contributed by atoms with Crippen molar-refractivity contribution in [3.05, 3.63) is 0 Å². The monoisotopic (exact) mass is 292 g/mol. The third-order valence-electron chi connectivity index (χ3n) is 2.87. The second-order valence-corrected chi connectivity index (χ2v) is 4.97. The summed E-state index contributed by atoms with van der Waals surface area (Å²) in [5.41, 5.74) is -0.443. The zero-order valence-electron chi connectivity index (χ0n) is 12.7. The summed E-state index contributed by atoms with van der Waals surface area (Å²) in [6.07, 6.45) is 0.855. The highest BCUT2D eigenvalue weighted by atomic mass is 16.6. The van der Waals surface area contributed by atoms with Gasteiger partial charge in [0.2, 0.25) is 0 Å². The Balaban J connectivity index is 2.33. The molecule has 0 N–H and O–H groups in total. The fourth-order valence-corrected chi connectivity index (χ4v) is 1.76. The molecule has 0 aliphatic carbocycles. The first-order valence-corrected chi connectivity index (χ1v) is 7.21. The Morgan fingerprint density at radius 1 is 0.900 bits per heavy atom. The zero-order chi connectivity index (χ0) is 14.5. The van der Waals surface area contributed by atoms with Crippen molar-refractivity contribution in [3.63, 3.8) is 0 Å². The molecule has 0 bridgehead atoms. The maximum Gasteiger partial charge on any atom is 0.112 e. The van der Waals surface area contributed by atoms with E-state index in [9.17, 15) is 0 Å². The summed E-state index contributed by atoms with van der Waals surface area (Å²) in [7, 11) is 1.66. The Kier molecular flexibility index (Phi) is 10.2. The van der Waals surface area contributed by atoms with Crippen LogP contribution in [0, 0.1) is 0 Å². The van der Waals surface area contributed by atoms with Crippen molar-refractivity contribution < 1.29 is 28.4 Å². The summed E-state index contributed by atoms with van der Waals surface area (Å²) in [4.78, 5) is 0. The van der Waals surface area contributed by atoms with Gasteiger partial charge in [-0.2, -0.15) is 0 Å². The van der Waals surface area contributed by atoms with E-state index in [2.05, 4.69) is 0 Å². The van der Waals surface area contributed by atoms with Crippen LogP contribution in [0.4, 0.5) is 0 Å². The van der Waals surface area contributed by atoms with E-state index in [0.717, 1.165) is 6.42 Å². The van der Waals surface area contributed by atoms with Crippen molar-refractivity contribution in [2.75, 3.05) is 73.2 Å². The van der Waals surface area contributed by atoms with Crippen molar-refractivity contribution >= 4 is 0 Å². The number of hydrogen-bond acceptors (Lipinski definition) is 6. The van der Waals surface area contributed by atoms with Gasteiger partial charge in [0.1, 0.15) is 5.60 Å². The summed E-state index contributed by atoms with van der Waals surface area (Å²) in [6.45, 7) is 7.79. The third kappa shape index (κ3) is 8.84. The van der Waals surface area contributed by atoms with Gasteiger partial charge in [0.05, 0.1) is 52.9 Å². The van der Waals surface area contributed by atoms with Gasteiger partial charge < -0.3 is 28.4 Å². The summed E-state index contributed by atoms with van der Waals surface area (Å²) in [5, 5.41) is 0. The fourth-order valence-electron chi connectivity index (χ4n) is 1.76. The molecule has 0 radical (unpaired) electrons. The molecule has 1 aliphatic rings. The minimum absolute atomic E-state index is 0.443. The summed E-state index contributed by atoms with van der Waals surface area (Å²) in [6, 6.07) is 0. The molecule has 1 atom stereocenters. The maximum atomic E-state index is 5.91. The summed E-state index contributed by atoms with van der Waals surface area (Å²) in [5.74, 6) is 0. The zero-order valence-corrected chi connectivity index (χ0v) is 12.7. The smallest absolute Gasteiger partial charge is 0.112 e. The second kappa shape index (κ2) is 11.4. The Morgan fingerprint density at radius 3 is 2.35 bits per heavy atom. The van der Waals surface area contributed by atoms with Crippen LogP contribution < -0.4 is 0 Å². The third-order valence-corrected chi connectivity index (χ3v) is 2.87. The molecule has 1 fully saturated rings. The lowest BCUT2D eigenvalue weighted by atomic mass is 10.1. The normalized spacial score (nSPS) is 27.3. The fraction of sp³-hybridized carbons (Fsp3) is 1.00. The van der Waals surface area contributed by atoms with Crippen molar-refractivity contribution in [2.24, 2.45) is 0 Å². The molecular weight excluding hydrogens is 264 g/mol. The first-order valence-electron chi connectivity index (χ1n) is 7.21. The van der Waals surface area contributed by atoms with Crippen LogP contribution in [-0.2, 0) is 28.4 Å². The van der Waals surface area contributed by atoms with Gasteiger partial charge >= 0.3 is 0 Å². The lowest BCUT2D eigenvalue weighted by Gasteiger charge is -2.29. The van der Waals surface area contributed by atoms with Gasteiger partial charge in [-0.05, 0) is 13.3 Å². The number of methoxy groups -OCH3 is 1. The molecule has 1 heterocycles. The second-order valence-electron chi connectivity index (χ2n) is 4.97. The van der Waals surface area contributed by atoms with Crippen molar-refractivity contribution in [1.82, 2.24) is 0 Å². The average Bonchev–Trinajstić information content (AvgIpc) is 2.46. The van der Waals surface area contributed by atoms with Crippen molar-refractivity contribution in [1.29, 1.82) is 0 Å². The van der Waals surface area contributed by atoms with Crippen molar-refractivity contribution in [2.45, 2.75) is 18.9 Å². The molecule has 20 heavy (non-hydrogen) atoms. The molecule has 0 aromatic carbocycles. The van der Waals surface area contributed by atoms with Crippen LogP contribution in [0.15, 0.2) is 0 Å². The van der Waals surface area contributed by atoms with Crippen LogP contribution in [-0.4, -0.2) is 78.8 Å². The predicted molar refractivity (Wildman–Crippen MR) is 74.1 cm³/mol. The molecule has 6 heteroatoms. The highest BCUT2D eigenvalue weighted by Gasteiger charge is 2.26. The molecule has 0 aromatic rings. The van der Waals surface area contributed by atoms with E-state index in [1.165, 1.54) is 0 Å². The molecule has 0 saturated carbocycles. The van der Waals surface area contributed by atoms with Gasteiger partial charge in [0.25, 0.3) is 0 Å². The standard InChI is InChI=1S/C14H28O6/c1-14(12-18-7-6-15-2)13-19-11-10-17-9-8-16-4-3-5-20-14/h3-13H2,1-2H3. The van der Waals surface area contributed by atoms with Crippen LogP contribution in [0.3, 0.4) is 0 Å². The van der Waals surface area contributed by atoms with E-state index in [4.69, 9.17) is 28.4 Å². The van der Waals surface area contributed by atoms with E-state index in [0.29, 0.717) is 66.1 Å². The summed E-state index contributed by atoms with van der Waals surface area (Å²) >= 11 is 0. The lowest BCUT2D eigenvalue weighted by Crippen LogP contribution is -2.40. The van der Waals surface area contributed by atoms with Crippen LogP contribution in [0.25, 0.3) is 0 Å². The first-order chi connectivity index (χ1) is 9.77. The molecular formula is C14H28O6. The summed E-state index contributed by atoms with van der Waals surface area (Å²) < 4.78 is 32.9. The number of rotatable bonds is 5. The van der Waals surface area contributed by atoms with Crippen LogP contribution in [0.5, 0.6) is 0 Å². The molecule has 120 valence electrons. The number of ether oxygens (including phenoxy) is 6. The minimum atomic E-state index is -0.443. The Morgan fingerprint density at radius 2 is 1.60 bits per heavy atom. The van der Waals surface area contributed by atoms with Gasteiger partial charge in [0, 0.05) is 20.3 Å². The molecule has 0 spiro atoms. The lowest BCUT2D eigenvalue weighted by molar-refractivity contribution is -0.132. The molecule has 1 aliphatic heterocycles. The van der Waals surface area contributed by atoms with Crippen LogP contribution in [0.2, 0.25) is 0 Å². The molecule has 0 aromatic heterocycles. The Labute approximate surface area is 121 Å². The van der Waals surface area contributed by atoms with E-state index < -0.39 is 5.60 Å². The highest BCUT2D eigenvalue weighted by Crippen LogP contribution is 2.13. The topological polar surface area (TPSA) is 55.4 Å². The van der Waals surface area contributed by atoms with Gasteiger partial charge in [-0.15, -0.1) is 0 Å². The van der Waals surface area contributed by atoms with E-state index in [1.807, 2.05) is 6.92 Å². The molecule has 1 unspecified atom stereocenters. The SMILES string of the molecule is COCCOCC1(C)COCCOCCOCCCO1. The number of hydrogen-bond donors (Lipinski definition) is 0. The van der Waals surface area contributed by atoms with Crippen LogP contribution in [0.1, 0.15) is 13.3 Å². The molecule has 6 nitrogen and oxygen atoms in total. The minimum Gasteiger partial charge on any atom is -0.382 e. The molecule has 1 rings (SSSR count). The first kappa shape index (κ1) is 17.8. The average molecular weight is 292 g/mol. The maximum absolute atomic E-state index is 5.91. The quantitative estimate of drug-likeness (QED) is 0.701.